The van der Waals surface area contributed by atoms with Gasteiger partial charge in [0.15, 0.2) is 5.78 Å². The number of ketones is 1. The van der Waals surface area contributed by atoms with Gasteiger partial charge in [-0.25, -0.2) is 22.3 Å². The summed E-state index contributed by atoms with van der Waals surface area (Å²) in [5, 5.41) is 6.13. The second-order valence-electron chi connectivity index (χ2n) is 9.38. The molecule has 0 saturated carbocycles. The maximum Gasteiger partial charge on any atom is 0.407 e. The van der Waals surface area contributed by atoms with Crippen LogP contribution in [0.4, 0.5) is 23.7 Å². The average molecular weight is 600 g/mol. The highest BCUT2D eigenvalue weighted by molar-refractivity contribution is 7.92. The van der Waals surface area contributed by atoms with Crippen molar-refractivity contribution in [2.75, 3.05) is 10.8 Å². The molecule has 1 N–H and O–H groups in total. The van der Waals surface area contributed by atoms with Gasteiger partial charge in [0.2, 0.25) is 0 Å². The molecule has 2 aromatic heterocycles. The van der Waals surface area contributed by atoms with Crippen molar-refractivity contribution in [1.29, 1.82) is 0 Å². The summed E-state index contributed by atoms with van der Waals surface area (Å²) in [7, 11) is -4.50. The Kier molecular flexibility index (Phi) is 8.40. The van der Waals surface area contributed by atoms with E-state index in [0.717, 1.165) is 16.6 Å². The molecule has 0 saturated heterocycles. The third kappa shape index (κ3) is 6.07. The fraction of sp³-hybridized carbons (Fsp3) is 0.360. The third-order valence-corrected chi connectivity index (χ3v) is 8.21. The van der Waals surface area contributed by atoms with E-state index < -0.39 is 51.3 Å². The predicted molar refractivity (Wildman–Crippen MR) is 139 cm³/mol. The number of nitrogens with zero attached hydrogens (tertiary/aromatic N) is 4. The average Bonchev–Trinajstić information content (AvgIpc) is 3.26. The van der Waals surface area contributed by atoms with E-state index in [4.69, 9.17) is 16.3 Å². The highest BCUT2D eigenvalue weighted by atomic mass is 35.5. The highest BCUT2D eigenvalue weighted by Crippen LogP contribution is 2.34. The van der Waals surface area contributed by atoms with E-state index in [0.29, 0.717) is 0 Å². The Morgan fingerprint density at radius 1 is 1.27 bits per heavy atom. The third-order valence-electron chi connectivity index (χ3n) is 6.01. The van der Waals surface area contributed by atoms with E-state index >= 15 is 0 Å². The van der Waals surface area contributed by atoms with Gasteiger partial charge in [0.05, 0.1) is 52.5 Å². The van der Waals surface area contributed by atoms with Gasteiger partial charge < -0.3 is 10.1 Å². The van der Waals surface area contributed by atoms with E-state index in [-0.39, 0.29) is 57.3 Å². The molecule has 0 bridgehead atoms. The Morgan fingerprint density at radius 2 is 2.00 bits per heavy atom. The molecule has 3 aromatic rings. The summed E-state index contributed by atoms with van der Waals surface area (Å²) in [6, 6.07) is 4.45. The van der Waals surface area contributed by atoms with Crippen molar-refractivity contribution < 1.29 is 35.9 Å². The number of nitrogens with one attached hydrogen (secondary N) is 1. The molecule has 10 nitrogen and oxygen atoms in total. The largest absolute Gasteiger partial charge is 0.447 e. The summed E-state index contributed by atoms with van der Waals surface area (Å²) in [5.41, 5.74) is 0.112. The van der Waals surface area contributed by atoms with Crippen LogP contribution >= 0.6 is 11.6 Å². The molecule has 1 amide bonds. The number of benzene rings is 1. The smallest absolute Gasteiger partial charge is 0.407 e. The maximum absolute atomic E-state index is 14.3. The number of rotatable bonds is 8. The molecule has 0 aliphatic carbocycles. The molecule has 214 valence electrons. The van der Waals surface area contributed by atoms with Gasteiger partial charge >= 0.3 is 12.6 Å². The number of amides is 1. The predicted octanol–water partition coefficient (Wildman–Crippen LogP) is 4.45. The molecule has 0 unspecified atom stereocenters. The lowest BCUT2D eigenvalue weighted by Crippen LogP contribution is -2.51. The summed E-state index contributed by atoms with van der Waals surface area (Å²) >= 11 is 6.01. The number of halogens is 4. The lowest BCUT2D eigenvalue weighted by atomic mass is 10.00. The fourth-order valence-corrected chi connectivity index (χ4v) is 6.26. The number of Topliss-reactive ketones (excluding diaryl/α,β-unsaturated/α-hetero) is 1. The van der Waals surface area contributed by atoms with Crippen LogP contribution in [0.15, 0.2) is 41.6 Å². The van der Waals surface area contributed by atoms with Crippen LogP contribution in [0.25, 0.3) is 0 Å². The normalized spacial score (nSPS) is 15.3. The second-order valence-corrected chi connectivity index (χ2v) is 11.6. The number of aryl methyl sites for hydroxylation is 1. The van der Waals surface area contributed by atoms with Crippen molar-refractivity contribution in [3.05, 3.63) is 70.0 Å². The summed E-state index contributed by atoms with van der Waals surface area (Å²) in [5.74, 6) is -1.46. The molecule has 40 heavy (non-hydrogen) atoms. The number of hydrogen-bond acceptors (Lipinski definition) is 7. The molecule has 15 heteroatoms. The Hall–Kier alpha value is -3.65. The lowest BCUT2D eigenvalue weighted by Gasteiger charge is -2.35. The minimum absolute atomic E-state index is 0.0735. The zero-order valence-electron chi connectivity index (χ0n) is 21.6. The molecular weight excluding hydrogens is 575 g/mol. The molecular formula is C25H25ClF3N5O5S. The molecule has 0 fully saturated rings. The van der Waals surface area contributed by atoms with E-state index in [2.05, 4.69) is 15.4 Å². The molecule has 1 aromatic carbocycles. The van der Waals surface area contributed by atoms with Gasteiger partial charge in [0, 0.05) is 19.0 Å². The number of carbonyl (C=O) groups is 2. The number of carbonyl (C=O) groups excluding carboxylic acids is 2. The van der Waals surface area contributed by atoms with Crippen LogP contribution in [0.1, 0.15) is 47.7 Å². The van der Waals surface area contributed by atoms with Gasteiger partial charge in [-0.15, -0.1) is 0 Å². The number of anilines is 1. The van der Waals surface area contributed by atoms with Crippen molar-refractivity contribution in [3.8, 4) is 0 Å². The number of alkyl carbamates (subject to hydrolysis) is 1. The molecule has 1 atom stereocenters. The van der Waals surface area contributed by atoms with Crippen molar-refractivity contribution in [3.63, 3.8) is 0 Å². The molecule has 0 spiro atoms. The summed E-state index contributed by atoms with van der Waals surface area (Å²) < 4.78 is 74.6. The monoisotopic (exact) mass is 599 g/mol. The topological polar surface area (TPSA) is 123 Å². The Balaban J connectivity index is 1.74. The first-order valence-corrected chi connectivity index (χ1v) is 13.9. The Morgan fingerprint density at radius 3 is 2.62 bits per heavy atom. The Bertz CT molecular complexity index is 1540. The van der Waals surface area contributed by atoms with E-state index in [1.54, 1.807) is 13.8 Å². The first-order valence-electron chi connectivity index (χ1n) is 12.1. The summed E-state index contributed by atoms with van der Waals surface area (Å²) in [4.78, 5) is 29.0. The van der Waals surface area contributed by atoms with Gasteiger partial charge in [-0.1, -0.05) is 17.7 Å². The van der Waals surface area contributed by atoms with Crippen LogP contribution in [0.5, 0.6) is 0 Å². The van der Waals surface area contributed by atoms with Gasteiger partial charge in [-0.3, -0.25) is 14.1 Å². The van der Waals surface area contributed by atoms with Crippen LogP contribution in [0.3, 0.4) is 0 Å². The number of alkyl halides is 2. The fourth-order valence-electron chi connectivity index (χ4n) is 4.30. The van der Waals surface area contributed by atoms with Gasteiger partial charge in [-0.2, -0.15) is 13.9 Å². The minimum Gasteiger partial charge on any atom is -0.447 e. The van der Waals surface area contributed by atoms with E-state index in [1.807, 2.05) is 0 Å². The minimum atomic E-state index is -4.50. The number of sulfonamides is 1. The highest BCUT2D eigenvalue weighted by Gasteiger charge is 2.37. The van der Waals surface area contributed by atoms with Crippen molar-refractivity contribution in [2.24, 2.45) is 0 Å². The molecule has 3 heterocycles. The summed E-state index contributed by atoms with van der Waals surface area (Å²) in [6.45, 7) is 1.21. The van der Waals surface area contributed by atoms with Crippen molar-refractivity contribution in [2.45, 2.75) is 57.2 Å². The van der Waals surface area contributed by atoms with Crippen LogP contribution in [-0.4, -0.2) is 53.7 Å². The maximum atomic E-state index is 14.3. The molecule has 1 aliphatic heterocycles. The van der Waals surface area contributed by atoms with Crippen LogP contribution in [0, 0.1) is 12.7 Å². The zero-order chi connectivity index (χ0) is 29.4. The van der Waals surface area contributed by atoms with Gasteiger partial charge in [0.1, 0.15) is 10.7 Å². The number of pyridine rings is 1. The number of ether oxygens (including phenoxy) is 1. The van der Waals surface area contributed by atoms with Gasteiger partial charge in [0.25, 0.3) is 10.0 Å². The molecule has 4 rings (SSSR count). The number of aromatic nitrogens is 3. The number of fused-ring (bicyclic) bond motifs is 1. The number of hydrogen-bond donors (Lipinski definition) is 1. The first-order chi connectivity index (χ1) is 18.8. The zero-order valence-corrected chi connectivity index (χ0v) is 23.1. The summed E-state index contributed by atoms with van der Waals surface area (Å²) in [6.07, 6.45) is 0.619. The molecule has 0 radical (unpaired) electrons. The lowest BCUT2D eigenvalue weighted by molar-refractivity contribution is 0.0561. The van der Waals surface area contributed by atoms with Crippen LogP contribution in [-0.2, 0) is 27.6 Å². The quantitative estimate of drug-likeness (QED) is 0.379. The Labute approximate surface area is 233 Å². The van der Waals surface area contributed by atoms with E-state index in [1.165, 1.54) is 31.3 Å². The van der Waals surface area contributed by atoms with Crippen molar-refractivity contribution in [1.82, 2.24) is 20.1 Å². The second kappa shape index (κ2) is 11.5. The SMILES string of the molecule is Cc1nn(C(F)F)cc1S(=O)(=O)N1C[C@H](NC(=O)OC(C)C)Cc2ncc(CC(=O)c3c(F)cccc3Cl)cc21. The van der Waals surface area contributed by atoms with E-state index in [9.17, 15) is 31.2 Å². The van der Waals surface area contributed by atoms with Gasteiger partial charge in [-0.05, 0) is 44.5 Å². The first kappa shape index (κ1) is 29.3. The van der Waals surface area contributed by atoms with Crippen molar-refractivity contribution >= 4 is 39.2 Å². The van der Waals surface area contributed by atoms with Crippen LogP contribution in [0.2, 0.25) is 5.02 Å². The molecule has 1 aliphatic rings. The standard InChI is InChI=1S/C25H25ClF3N5O5S/c1-13(2)39-25(36)31-16-9-19-20(34(11-16)40(37,38)22-12-33(24(28)29)32-14(22)3)7-15(10-30-19)8-21(35)23-17(26)5-4-6-18(23)27/h4-7,10,12-13,16,24H,8-9,11H2,1-3H3,(H,31,36)/t16-/m1/s1. The van der Waals surface area contributed by atoms with Crippen LogP contribution < -0.4 is 9.62 Å².